The molecule has 0 atom stereocenters. The lowest BCUT2D eigenvalue weighted by atomic mass is 10.1. The van der Waals surface area contributed by atoms with Gasteiger partial charge in [-0.3, -0.25) is 0 Å². The van der Waals surface area contributed by atoms with Crippen LogP contribution in [-0.4, -0.2) is 30.3 Å². The van der Waals surface area contributed by atoms with Crippen molar-refractivity contribution in [3.8, 4) is 0 Å². The molecule has 0 spiro atoms. The molecule has 0 radical (unpaired) electrons. The molecule has 0 bridgehead atoms. The van der Waals surface area contributed by atoms with Crippen molar-refractivity contribution in [3.05, 3.63) is 35.1 Å². The molecule has 0 aliphatic rings. The number of carbonyl (C=O) groups excluding carboxylic acids is 1. The van der Waals surface area contributed by atoms with Crippen LogP contribution in [0.3, 0.4) is 0 Å². The van der Waals surface area contributed by atoms with E-state index in [1.165, 1.54) is 6.07 Å². The summed E-state index contributed by atoms with van der Waals surface area (Å²) in [5.74, 6) is -0.660. The SMILES string of the molecule is NC(=O)OCCNCc1cc(F)cc(/C(N)=N/O)c1. The highest BCUT2D eigenvalue weighted by Gasteiger charge is 2.04. The zero-order valence-corrected chi connectivity index (χ0v) is 10.1. The van der Waals surface area contributed by atoms with Crippen LogP contribution >= 0.6 is 0 Å². The fourth-order valence-electron chi connectivity index (χ4n) is 1.41. The fraction of sp³-hybridized carbons (Fsp3) is 0.273. The van der Waals surface area contributed by atoms with Gasteiger partial charge in [-0.2, -0.15) is 0 Å². The van der Waals surface area contributed by atoms with Crippen LogP contribution in [0.1, 0.15) is 11.1 Å². The Balaban J connectivity index is 2.54. The van der Waals surface area contributed by atoms with E-state index in [2.05, 4.69) is 15.2 Å². The van der Waals surface area contributed by atoms with Gasteiger partial charge in [0, 0.05) is 18.7 Å². The van der Waals surface area contributed by atoms with E-state index in [1.807, 2.05) is 0 Å². The molecule has 0 saturated heterocycles. The number of ether oxygens (including phenoxy) is 1. The minimum Gasteiger partial charge on any atom is -0.448 e. The number of halogens is 1. The van der Waals surface area contributed by atoms with Crippen molar-refractivity contribution in [2.75, 3.05) is 13.2 Å². The van der Waals surface area contributed by atoms with E-state index in [1.54, 1.807) is 6.07 Å². The third-order valence-electron chi connectivity index (χ3n) is 2.21. The van der Waals surface area contributed by atoms with Crippen molar-refractivity contribution in [2.24, 2.45) is 16.6 Å². The van der Waals surface area contributed by atoms with Gasteiger partial charge < -0.3 is 26.7 Å². The number of amides is 1. The first-order valence-corrected chi connectivity index (χ1v) is 5.43. The minimum absolute atomic E-state index is 0.123. The molecule has 104 valence electrons. The van der Waals surface area contributed by atoms with E-state index in [0.29, 0.717) is 18.7 Å². The van der Waals surface area contributed by atoms with E-state index in [9.17, 15) is 9.18 Å². The molecular formula is C11H15FN4O3. The first kappa shape index (κ1) is 14.7. The maximum Gasteiger partial charge on any atom is 0.404 e. The number of rotatable bonds is 6. The Morgan fingerprint density at radius 3 is 2.79 bits per heavy atom. The highest BCUT2D eigenvalue weighted by atomic mass is 19.1. The Hall–Kier alpha value is -2.35. The summed E-state index contributed by atoms with van der Waals surface area (Å²) in [5.41, 5.74) is 11.1. The number of primary amides is 1. The van der Waals surface area contributed by atoms with Gasteiger partial charge in [-0.25, -0.2) is 9.18 Å². The smallest absolute Gasteiger partial charge is 0.404 e. The van der Waals surface area contributed by atoms with Crippen molar-refractivity contribution in [1.82, 2.24) is 5.32 Å². The second-order valence-corrected chi connectivity index (χ2v) is 3.68. The van der Waals surface area contributed by atoms with Gasteiger partial charge in [0.15, 0.2) is 5.84 Å². The van der Waals surface area contributed by atoms with Crippen LogP contribution in [-0.2, 0) is 11.3 Å². The molecule has 19 heavy (non-hydrogen) atoms. The number of oxime groups is 1. The molecule has 0 heterocycles. The number of nitrogens with two attached hydrogens (primary N) is 2. The van der Waals surface area contributed by atoms with Crippen LogP contribution in [0.4, 0.5) is 9.18 Å². The normalized spacial score (nSPS) is 11.3. The maximum absolute atomic E-state index is 13.3. The molecule has 0 saturated carbocycles. The first-order valence-electron chi connectivity index (χ1n) is 5.43. The number of benzene rings is 1. The van der Waals surface area contributed by atoms with Crippen LogP contribution in [0.15, 0.2) is 23.4 Å². The predicted octanol–water partition coefficient (Wildman–Crippen LogP) is 0.105. The molecule has 1 rings (SSSR count). The quantitative estimate of drug-likeness (QED) is 0.192. The van der Waals surface area contributed by atoms with Crippen LogP contribution in [0.5, 0.6) is 0 Å². The Kier molecular flexibility index (Phi) is 5.55. The van der Waals surface area contributed by atoms with Crippen molar-refractivity contribution in [1.29, 1.82) is 0 Å². The Labute approximate surface area is 109 Å². The molecule has 0 aromatic heterocycles. The topological polar surface area (TPSA) is 123 Å². The number of hydrogen-bond acceptors (Lipinski definition) is 5. The first-order chi connectivity index (χ1) is 9.02. The summed E-state index contributed by atoms with van der Waals surface area (Å²) < 4.78 is 17.8. The minimum atomic E-state index is -0.846. The van der Waals surface area contributed by atoms with Crippen molar-refractivity contribution in [3.63, 3.8) is 0 Å². The third kappa shape index (κ3) is 5.21. The maximum atomic E-state index is 13.3. The molecule has 0 aliphatic heterocycles. The Morgan fingerprint density at radius 2 is 2.16 bits per heavy atom. The molecule has 8 heteroatoms. The van der Waals surface area contributed by atoms with Gasteiger partial charge in [0.2, 0.25) is 0 Å². The third-order valence-corrected chi connectivity index (χ3v) is 2.21. The molecule has 1 aromatic carbocycles. The summed E-state index contributed by atoms with van der Waals surface area (Å²) >= 11 is 0. The average Bonchev–Trinajstić information content (AvgIpc) is 2.36. The lowest BCUT2D eigenvalue weighted by Gasteiger charge is -2.07. The molecule has 7 nitrogen and oxygen atoms in total. The van der Waals surface area contributed by atoms with Crippen LogP contribution in [0.2, 0.25) is 0 Å². The Morgan fingerprint density at radius 1 is 1.42 bits per heavy atom. The summed E-state index contributed by atoms with van der Waals surface area (Å²) in [5, 5.41) is 14.3. The zero-order chi connectivity index (χ0) is 14.3. The zero-order valence-electron chi connectivity index (χ0n) is 10.1. The van der Waals surface area contributed by atoms with E-state index >= 15 is 0 Å². The summed E-state index contributed by atoms with van der Waals surface area (Å²) in [7, 11) is 0. The Bertz CT molecular complexity index is 479. The van der Waals surface area contributed by atoms with Crippen LogP contribution in [0.25, 0.3) is 0 Å². The van der Waals surface area contributed by atoms with E-state index < -0.39 is 11.9 Å². The van der Waals surface area contributed by atoms with Gasteiger partial charge in [-0.05, 0) is 23.8 Å². The predicted molar refractivity (Wildman–Crippen MR) is 66.2 cm³/mol. The van der Waals surface area contributed by atoms with Gasteiger partial charge in [0.25, 0.3) is 0 Å². The lowest BCUT2D eigenvalue weighted by Crippen LogP contribution is -2.23. The van der Waals surface area contributed by atoms with Crippen molar-refractivity contribution >= 4 is 11.9 Å². The fourth-order valence-corrected chi connectivity index (χ4v) is 1.41. The number of nitrogens with one attached hydrogen (secondary N) is 1. The molecule has 0 aliphatic carbocycles. The monoisotopic (exact) mass is 270 g/mol. The molecule has 1 aromatic rings. The number of hydrogen-bond donors (Lipinski definition) is 4. The van der Waals surface area contributed by atoms with Gasteiger partial charge in [0.05, 0.1) is 0 Å². The van der Waals surface area contributed by atoms with Gasteiger partial charge in [0.1, 0.15) is 12.4 Å². The van der Waals surface area contributed by atoms with Crippen molar-refractivity contribution < 1.29 is 19.1 Å². The van der Waals surface area contributed by atoms with E-state index in [4.69, 9.17) is 16.7 Å². The second-order valence-electron chi connectivity index (χ2n) is 3.68. The number of nitrogens with zero attached hydrogens (tertiary/aromatic N) is 1. The molecule has 6 N–H and O–H groups in total. The van der Waals surface area contributed by atoms with Crippen LogP contribution < -0.4 is 16.8 Å². The summed E-state index contributed by atoms with van der Waals surface area (Å²) in [6.45, 7) is 0.835. The van der Waals surface area contributed by atoms with Gasteiger partial charge in [-0.15, -0.1) is 0 Å². The molecule has 1 amide bonds. The highest BCUT2D eigenvalue weighted by molar-refractivity contribution is 5.97. The highest BCUT2D eigenvalue weighted by Crippen LogP contribution is 2.09. The summed E-state index contributed by atoms with van der Waals surface area (Å²) in [6, 6.07) is 4.06. The standard InChI is InChI=1S/C11H15FN4O3/c12-9-4-7(3-8(5-9)10(13)16-18)6-15-1-2-19-11(14)17/h3-5,15,18H,1-2,6H2,(H2,13,16)(H2,14,17). The summed E-state index contributed by atoms with van der Waals surface area (Å²) in [6.07, 6.45) is -0.846. The molecule has 0 unspecified atom stereocenters. The number of amidine groups is 1. The van der Waals surface area contributed by atoms with E-state index in [0.717, 1.165) is 6.07 Å². The average molecular weight is 270 g/mol. The molecular weight excluding hydrogens is 255 g/mol. The lowest BCUT2D eigenvalue weighted by molar-refractivity contribution is 0.157. The largest absolute Gasteiger partial charge is 0.448 e. The second kappa shape index (κ2) is 7.17. The van der Waals surface area contributed by atoms with Crippen LogP contribution in [0, 0.1) is 5.82 Å². The number of carbonyl (C=O) groups is 1. The summed E-state index contributed by atoms with van der Waals surface area (Å²) in [4.78, 5) is 10.3. The van der Waals surface area contributed by atoms with Gasteiger partial charge >= 0.3 is 6.09 Å². The van der Waals surface area contributed by atoms with Gasteiger partial charge in [-0.1, -0.05) is 5.16 Å². The molecule has 0 fully saturated rings. The van der Waals surface area contributed by atoms with E-state index in [-0.39, 0.29) is 18.0 Å². The van der Waals surface area contributed by atoms with Crippen molar-refractivity contribution in [2.45, 2.75) is 6.54 Å².